The fourth-order valence-electron chi connectivity index (χ4n) is 2.25. The summed E-state index contributed by atoms with van der Waals surface area (Å²) in [5.74, 6) is 0.341. The van der Waals surface area contributed by atoms with Crippen molar-refractivity contribution in [3.05, 3.63) is 29.8 Å². The minimum absolute atomic E-state index is 0.0723. The Morgan fingerprint density at radius 3 is 2.47 bits per heavy atom. The van der Waals surface area contributed by atoms with Crippen molar-refractivity contribution in [2.45, 2.75) is 19.4 Å². The smallest absolute Gasteiger partial charge is 0.321 e. The Bertz CT molecular complexity index is 411. The number of anilines is 1. The van der Waals surface area contributed by atoms with E-state index in [1.54, 1.807) is 4.90 Å². The molecule has 1 aliphatic rings. The van der Waals surface area contributed by atoms with Crippen LogP contribution in [0.1, 0.15) is 18.4 Å². The summed E-state index contributed by atoms with van der Waals surface area (Å²) in [6, 6.07) is 7.47. The molecule has 1 fully saturated rings. The summed E-state index contributed by atoms with van der Waals surface area (Å²) < 4.78 is 0. The maximum Gasteiger partial charge on any atom is 0.321 e. The van der Waals surface area contributed by atoms with Gasteiger partial charge in [-0.3, -0.25) is 0 Å². The van der Waals surface area contributed by atoms with E-state index in [0.29, 0.717) is 25.6 Å². The van der Waals surface area contributed by atoms with E-state index in [1.165, 1.54) is 0 Å². The van der Waals surface area contributed by atoms with Crippen LogP contribution in [0, 0.1) is 5.92 Å². The summed E-state index contributed by atoms with van der Waals surface area (Å²) in [4.78, 5) is 13.8. The lowest BCUT2D eigenvalue weighted by Gasteiger charge is -2.31. The maximum absolute atomic E-state index is 12.0. The first kappa shape index (κ1) is 13.8. The van der Waals surface area contributed by atoms with Crippen molar-refractivity contribution in [3.63, 3.8) is 0 Å². The van der Waals surface area contributed by atoms with Gasteiger partial charge in [0, 0.05) is 31.9 Å². The highest BCUT2D eigenvalue weighted by Gasteiger charge is 2.22. The summed E-state index contributed by atoms with van der Waals surface area (Å²) >= 11 is 0. The SMILES string of the molecule is NCc1ccc(NC(=O)N2CCC(CO)CC2)cc1. The van der Waals surface area contributed by atoms with E-state index >= 15 is 0 Å². The monoisotopic (exact) mass is 263 g/mol. The fraction of sp³-hybridized carbons (Fsp3) is 0.500. The molecule has 2 amide bonds. The van der Waals surface area contributed by atoms with Crippen molar-refractivity contribution in [1.82, 2.24) is 4.90 Å². The zero-order valence-electron chi connectivity index (χ0n) is 11.0. The van der Waals surface area contributed by atoms with Crippen molar-refractivity contribution in [2.75, 3.05) is 25.0 Å². The van der Waals surface area contributed by atoms with Gasteiger partial charge in [0.25, 0.3) is 0 Å². The van der Waals surface area contributed by atoms with Crippen LogP contribution in [-0.2, 0) is 6.54 Å². The number of carbonyl (C=O) groups is 1. The van der Waals surface area contributed by atoms with E-state index in [9.17, 15) is 4.79 Å². The number of hydrogen-bond acceptors (Lipinski definition) is 3. The number of nitrogens with zero attached hydrogens (tertiary/aromatic N) is 1. The molecule has 1 aromatic carbocycles. The molecule has 1 saturated heterocycles. The average Bonchev–Trinajstić information content (AvgIpc) is 2.48. The van der Waals surface area contributed by atoms with Crippen molar-refractivity contribution in [2.24, 2.45) is 11.7 Å². The van der Waals surface area contributed by atoms with E-state index in [1.807, 2.05) is 24.3 Å². The van der Waals surface area contributed by atoms with Crippen LogP contribution in [-0.4, -0.2) is 35.7 Å². The molecule has 0 unspecified atom stereocenters. The molecule has 0 aliphatic carbocycles. The van der Waals surface area contributed by atoms with Crippen molar-refractivity contribution in [3.8, 4) is 0 Å². The predicted octanol–water partition coefficient (Wildman–Crippen LogP) is 1.38. The number of likely N-dealkylation sites (tertiary alicyclic amines) is 1. The third-order valence-electron chi connectivity index (χ3n) is 3.60. The van der Waals surface area contributed by atoms with Gasteiger partial charge in [-0.2, -0.15) is 0 Å². The van der Waals surface area contributed by atoms with Gasteiger partial charge in [-0.1, -0.05) is 12.1 Å². The topological polar surface area (TPSA) is 78.6 Å². The molecular formula is C14H21N3O2. The van der Waals surface area contributed by atoms with Gasteiger partial charge in [0.2, 0.25) is 0 Å². The molecular weight excluding hydrogens is 242 g/mol. The summed E-state index contributed by atoms with van der Waals surface area (Å²) in [7, 11) is 0. The molecule has 0 radical (unpaired) electrons. The van der Waals surface area contributed by atoms with Crippen LogP contribution in [0.15, 0.2) is 24.3 Å². The molecule has 1 aromatic rings. The first-order chi connectivity index (χ1) is 9.22. The zero-order chi connectivity index (χ0) is 13.7. The lowest BCUT2D eigenvalue weighted by atomic mass is 9.98. The second-order valence-corrected chi connectivity index (χ2v) is 4.94. The molecule has 0 saturated carbocycles. The lowest BCUT2D eigenvalue weighted by Crippen LogP contribution is -2.41. The molecule has 0 aromatic heterocycles. The van der Waals surface area contributed by atoms with Crippen molar-refractivity contribution in [1.29, 1.82) is 0 Å². The number of aliphatic hydroxyl groups excluding tert-OH is 1. The number of nitrogens with one attached hydrogen (secondary N) is 1. The van der Waals surface area contributed by atoms with Gasteiger partial charge in [-0.05, 0) is 36.5 Å². The second-order valence-electron chi connectivity index (χ2n) is 4.94. The number of amides is 2. The molecule has 5 heteroatoms. The third kappa shape index (κ3) is 3.68. The minimum Gasteiger partial charge on any atom is -0.396 e. The van der Waals surface area contributed by atoms with Crippen LogP contribution < -0.4 is 11.1 Å². The third-order valence-corrected chi connectivity index (χ3v) is 3.60. The number of urea groups is 1. The average molecular weight is 263 g/mol. The van der Waals surface area contributed by atoms with E-state index in [0.717, 1.165) is 24.1 Å². The number of benzene rings is 1. The number of aliphatic hydroxyl groups is 1. The van der Waals surface area contributed by atoms with Crippen LogP contribution >= 0.6 is 0 Å². The molecule has 2 rings (SSSR count). The van der Waals surface area contributed by atoms with E-state index in [2.05, 4.69) is 5.32 Å². The summed E-state index contributed by atoms with van der Waals surface area (Å²) in [5, 5.41) is 12.0. The van der Waals surface area contributed by atoms with E-state index < -0.39 is 0 Å². The molecule has 1 aliphatic heterocycles. The first-order valence-corrected chi connectivity index (χ1v) is 6.68. The Kier molecular flexibility index (Phi) is 4.76. The highest BCUT2D eigenvalue weighted by atomic mass is 16.3. The number of nitrogens with two attached hydrogens (primary N) is 1. The largest absolute Gasteiger partial charge is 0.396 e. The molecule has 104 valence electrons. The molecule has 0 bridgehead atoms. The molecule has 5 nitrogen and oxygen atoms in total. The summed E-state index contributed by atoms with van der Waals surface area (Å²) in [6.45, 7) is 2.13. The van der Waals surface area contributed by atoms with Gasteiger partial charge in [0.1, 0.15) is 0 Å². The highest BCUT2D eigenvalue weighted by molar-refractivity contribution is 5.89. The summed E-state index contributed by atoms with van der Waals surface area (Å²) in [5.41, 5.74) is 7.36. The van der Waals surface area contributed by atoms with Gasteiger partial charge >= 0.3 is 6.03 Å². The van der Waals surface area contributed by atoms with Crippen LogP contribution in [0.3, 0.4) is 0 Å². The van der Waals surface area contributed by atoms with Gasteiger partial charge in [0.05, 0.1) is 0 Å². The number of hydrogen-bond donors (Lipinski definition) is 3. The maximum atomic E-state index is 12.0. The summed E-state index contributed by atoms with van der Waals surface area (Å²) in [6.07, 6.45) is 1.74. The first-order valence-electron chi connectivity index (χ1n) is 6.68. The van der Waals surface area contributed by atoms with E-state index in [-0.39, 0.29) is 12.6 Å². The Labute approximate surface area is 113 Å². The predicted molar refractivity (Wildman–Crippen MR) is 74.7 cm³/mol. The minimum atomic E-state index is -0.0723. The highest BCUT2D eigenvalue weighted by Crippen LogP contribution is 2.17. The zero-order valence-corrected chi connectivity index (χ0v) is 11.0. The van der Waals surface area contributed by atoms with Gasteiger partial charge in [0.15, 0.2) is 0 Å². The van der Waals surface area contributed by atoms with Crippen molar-refractivity contribution >= 4 is 11.7 Å². The molecule has 19 heavy (non-hydrogen) atoms. The normalized spacial score (nSPS) is 16.4. The van der Waals surface area contributed by atoms with Crippen LogP contribution in [0.2, 0.25) is 0 Å². The Morgan fingerprint density at radius 2 is 1.95 bits per heavy atom. The quantitative estimate of drug-likeness (QED) is 0.771. The standard InChI is InChI=1S/C14H21N3O2/c15-9-11-1-3-13(4-2-11)16-14(19)17-7-5-12(10-18)6-8-17/h1-4,12,18H,5-10,15H2,(H,16,19). The Balaban J connectivity index is 1.86. The second kappa shape index (κ2) is 6.54. The van der Waals surface area contributed by atoms with E-state index in [4.69, 9.17) is 10.8 Å². The number of carbonyl (C=O) groups excluding carboxylic acids is 1. The van der Waals surface area contributed by atoms with Gasteiger partial charge in [-0.25, -0.2) is 4.79 Å². The Morgan fingerprint density at radius 1 is 1.32 bits per heavy atom. The Hall–Kier alpha value is -1.59. The van der Waals surface area contributed by atoms with Crippen molar-refractivity contribution < 1.29 is 9.90 Å². The molecule has 0 atom stereocenters. The van der Waals surface area contributed by atoms with Crippen LogP contribution in [0.4, 0.5) is 10.5 Å². The number of rotatable bonds is 3. The molecule has 4 N–H and O–H groups in total. The fourth-order valence-corrected chi connectivity index (χ4v) is 2.25. The van der Waals surface area contributed by atoms with Gasteiger partial charge < -0.3 is 21.1 Å². The lowest BCUT2D eigenvalue weighted by molar-refractivity contribution is 0.143. The van der Waals surface area contributed by atoms with Crippen LogP contribution in [0.25, 0.3) is 0 Å². The molecule has 0 spiro atoms. The van der Waals surface area contributed by atoms with Gasteiger partial charge in [-0.15, -0.1) is 0 Å². The number of piperidine rings is 1. The molecule has 1 heterocycles. The van der Waals surface area contributed by atoms with Crippen LogP contribution in [0.5, 0.6) is 0 Å².